The lowest BCUT2D eigenvalue weighted by Gasteiger charge is -2.30. The summed E-state index contributed by atoms with van der Waals surface area (Å²) < 4.78 is 5.44. The molecule has 0 spiro atoms. The third kappa shape index (κ3) is 4.37. The largest absolute Gasteiger partial charge is 0.382 e. The minimum absolute atomic E-state index is 0.0869. The van der Waals surface area contributed by atoms with Crippen LogP contribution < -0.4 is 21.3 Å². The van der Waals surface area contributed by atoms with E-state index in [1.165, 1.54) is 11.1 Å². The molecule has 1 aromatic carbocycles. The number of nitrogens with zero attached hydrogens (tertiary/aromatic N) is 4. The molecule has 0 saturated carbocycles. The van der Waals surface area contributed by atoms with Crippen molar-refractivity contribution in [2.45, 2.75) is 19.4 Å². The van der Waals surface area contributed by atoms with Gasteiger partial charge in [-0.2, -0.15) is 0 Å². The number of nitrogens with two attached hydrogens (primary N) is 1. The number of benzene rings is 1. The number of rotatable bonds is 4. The van der Waals surface area contributed by atoms with E-state index in [2.05, 4.69) is 49.5 Å². The van der Waals surface area contributed by atoms with Gasteiger partial charge in [-0.05, 0) is 43.1 Å². The lowest BCUT2D eigenvalue weighted by Crippen LogP contribution is -2.36. The van der Waals surface area contributed by atoms with Crippen molar-refractivity contribution < 1.29 is 9.53 Å². The van der Waals surface area contributed by atoms with E-state index < -0.39 is 5.91 Å². The third-order valence-electron chi connectivity index (χ3n) is 6.16. The van der Waals surface area contributed by atoms with Gasteiger partial charge in [0.1, 0.15) is 0 Å². The molecule has 33 heavy (non-hydrogen) atoms. The molecule has 9 nitrogen and oxygen atoms in total. The molecular formula is C24H27N7O2. The van der Waals surface area contributed by atoms with Crippen LogP contribution in [-0.2, 0) is 11.2 Å². The van der Waals surface area contributed by atoms with Crippen LogP contribution in [0.2, 0.25) is 0 Å². The molecule has 0 aliphatic carbocycles. The molecule has 2 aliphatic rings. The number of morpholine rings is 1. The summed E-state index contributed by atoms with van der Waals surface area (Å²) in [6.07, 6.45) is 5.91. The Hall–Kier alpha value is -3.56. The molecule has 1 amide bonds. The van der Waals surface area contributed by atoms with E-state index in [1.807, 2.05) is 12.1 Å². The average molecular weight is 446 g/mol. The predicted molar refractivity (Wildman–Crippen MR) is 127 cm³/mol. The van der Waals surface area contributed by atoms with Crippen molar-refractivity contribution in [3.8, 4) is 11.3 Å². The van der Waals surface area contributed by atoms with E-state index in [4.69, 9.17) is 10.5 Å². The molecule has 5 rings (SSSR count). The highest BCUT2D eigenvalue weighted by atomic mass is 16.5. The van der Waals surface area contributed by atoms with Crippen LogP contribution in [0.5, 0.6) is 0 Å². The van der Waals surface area contributed by atoms with Crippen LogP contribution in [0.25, 0.3) is 11.3 Å². The van der Waals surface area contributed by atoms with Gasteiger partial charge in [-0.25, -0.2) is 9.97 Å². The monoisotopic (exact) mass is 445 g/mol. The lowest BCUT2D eigenvalue weighted by molar-refractivity contribution is 0.102. The number of carbonyl (C=O) groups excluding carboxylic acids is 1. The van der Waals surface area contributed by atoms with Crippen molar-refractivity contribution in [3.63, 3.8) is 0 Å². The molecule has 4 heterocycles. The van der Waals surface area contributed by atoms with Crippen LogP contribution >= 0.6 is 0 Å². The maximum Gasteiger partial charge on any atom is 0.278 e. The number of nitrogens with one attached hydrogen (secondary N) is 2. The fourth-order valence-corrected chi connectivity index (χ4v) is 4.39. The zero-order valence-corrected chi connectivity index (χ0v) is 18.5. The molecule has 0 radical (unpaired) electrons. The third-order valence-corrected chi connectivity index (χ3v) is 6.16. The number of carbonyl (C=O) groups is 1. The molecule has 0 bridgehead atoms. The van der Waals surface area contributed by atoms with Crippen molar-refractivity contribution in [2.24, 2.45) is 0 Å². The van der Waals surface area contributed by atoms with Crippen molar-refractivity contribution in [3.05, 3.63) is 59.7 Å². The van der Waals surface area contributed by atoms with Gasteiger partial charge in [-0.1, -0.05) is 12.1 Å². The molecule has 2 aliphatic heterocycles. The first-order valence-corrected chi connectivity index (χ1v) is 11.2. The second kappa shape index (κ2) is 9.13. The Labute approximate surface area is 192 Å². The van der Waals surface area contributed by atoms with Gasteiger partial charge >= 0.3 is 0 Å². The van der Waals surface area contributed by atoms with Crippen LogP contribution in [-0.4, -0.2) is 53.7 Å². The van der Waals surface area contributed by atoms with Crippen molar-refractivity contribution in [2.75, 3.05) is 48.8 Å². The van der Waals surface area contributed by atoms with Crippen molar-refractivity contribution in [1.29, 1.82) is 0 Å². The highest BCUT2D eigenvalue weighted by molar-refractivity contribution is 6.07. The minimum atomic E-state index is -0.417. The summed E-state index contributed by atoms with van der Waals surface area (Å²) >= 11 is 0. The molecule has 1 unspecified atom stereocenters. The summed E-state index contributed by atoms with van der Waals surface area (Å²) in [5.74, 6) is -0.330. The zero-order chi connectivity index (χ0) is 22.8. The second-order valence-corrected chi connectivity index (χ2v) is 8.27. The Kier molecular flexibility index (Phi) is 5.89. The smallest absolute Gasteiger partial charge is 0.278 e. The predicted octanol–water partition coefficient (Wildman–Crippen LogP) is 2.42. The fourth-order valence-electron chi connectivity index (χ4n) is 4.39. The molecular weight excluding hydrogens is 418 g/mol. The Morgan fingerprint density at radius 3 is 2.94 bits per heavy atom. The standard InChI is InChI=1S/C24H27N7O2/c1-15-18-3-2-17(12-16(18)4-7-27-15)19-14-28-23(25)22(29-19)24(32)30-20-13-26-6-5-21(20)31-8-10-33-11-9-31/h2-3,5-6,12-15,27H,4,7-11H2,1H3,(H2,25,28)(H,30,32). The molecule has 1 atom stereocenters. The minimum Gasteiger partial charge on any atom is -0.382 e. The average Bonchev–Trinajstić information content (AvgIpc) is 2.85. The van der Waals surface area contributed by atoms with E-state index >= 15 is 0 Å². The maximum absolute atomic E-state index is 13.2. The Bertz CT molecular complexity index is 1180. The zero-order valence-electron chi connectivity index (χ0n) is 18.5. The summed E-state index contributed by atoms with van der Waals surface area (Å²) in [6, 6.07) is 8.47. The van der Waals surface area contributed by atoms with E-state index in [1.54, 1.807) is 18.6 Å². The number of fused-ring (bicyclic) bond motifs is 1. The van der Waals surface area contributed by atoms with E-state index in [0.29, 0.717) is 30.6 Å². The lowest BCUT2D eigenvalue weighted by atomic mass is 9.93. The van der Waals surface area contributed by atoms with Gasteiger partial charge in [0, 0.05) is 30.9 Å². The number of hydrogen-bond donors (Lipinski definition) is 3. The fraction of sp³-hybridized carbons (Fsp3) is 0.333. The molecule has 3 aromatic rings. The molecule has 170 valence electrons. The van der Waals surface area contributed by atoms with Crippen LogP contribution in [0, 0.1) is 0 Å². The summed E-state index contributed by atoms with van der Waals surface area (Å²) in [5.41, 5.74) is 11.7. The van der Waals surface area contributed by atoms with E-state index in [0.717, 1.165) is 37.3 Å². The number of pyridine rings is 1. The number of hydrogen-bond acceptors (Lipinski definition) is 8. The Morgan fingerprint density at radius 1 is 1.24 bits per heavy atom. The molecule has 1 saturated heterocycles. The van der Waals surface area contributed by atoms with Crippen LogP contribution in [0.1, 0.15) is 34.6 Å². The number of aromatic nitrogens is 3. The summed E-state index contributed by atoms with van der Waals surface area (Å²) in [6.45, 7) is 5.88. The maximum atomic E-state index is 13.2. The molecule has 9 heteroatoms. The summed E-state index contributed by atoms with van der Waals surface area (Å²) in [4.78, 5) is 28.3. The topological polar surface area (TPSA) is 118 Å². The van der Waals surface area contributed by atoms with Crippen LogP contribution in [0.3, 0.4) is 0 Å². The van der Waals surface area contributed by atoms with Gasteiger partial charge in [0.2, 0.25) is 0 Å². The first-order valence-electron chi connectivity index (χ1n) is 11.2. The first kappa shape index (κ1) is 21.3. The highest BCUT2D eigenvalue weighted by Gasteiger charge is 2.21. The van der Waals surface area contributed by atoms with E-state index in [-0.39, 0.29) is 11.5 Å². The number of amides is 1. The number of ether oxygens (including phenoxy) is 1. The second-order valence-electron chi connectivity index (χ2n) is 8.27. The van der Waals surface area contributed by atoms with E-state index in [9.17, 15) is 4.79 Å². The number of anilines is 3. The van der Waals surface area contributed by atoms with Crippen molar-refractivity contribution in [1.82, 2.24) is 20.3 Å². The van der Waals surface area contributed by atoms with Crippen LogP contribution in [0.4, 0.5) is 17.2 Å². The Balaban J connectivity index is 1.42. The SMILES string of the molecule is CC1NCCc2cc(-c3cnc(N)c(C(=O)Nc4cnccc4N4CCOCC4)n3)ccc21. The molecule has 2 aromatic heterocycles. The van der Waals surface area contributed by atoms with Gasteiger partial charge in [-0.15, -0.1) is 0 Å². The normalized spacial score (nSPS) is 18.0. The molecule has 4 N–H and O–H groups in total. The van der Waals surface area contributed by atoms with Gasteiger partial charge < -0.3 is 26.0 Å². The summed E-state index contributed by atoms with van der Waals surface area (Å²) in [7, 11) is 0. The quantitative estimate of drug-likeness (QED) is 0.560. The van der Waals surface area contributed by atoms with Gasteiger partial charge in [0.15, 0.2) is 11.5 Å². The molecule has 1 fully saturated rings. The van der Waals surface area contributed by atoms with Gasteiger partial charge in [-0.3, -0.25) is 9.78 Å². The summed E-state index contributed by atoms with van der Waals surface area (Å²) in [5, 5.41) is 6.39. The van der Waals surface area contributed by atoms with Gasteiger partial charge in [0.05, 0.1) is 42.7 Å². The number of nitrogen functional groups attached to an aromatic ring is 1. The first-order chi connectivity index (χ1) is 16.1. The van der Waals surface area contributed by atoms with Gasteiger partial charge in [0.25, 0.3) is 5.91 Å². The Morgan fingerprint density at radius 2 is 2.09 bits per heavy atom. The van der Waals surface area contributed by atoms with Crippen molar-refractivity contribution >= 4 is 23.1 Å². The highest BCUT2D eigenvalue weighted by Crippen LogP contribution is 2.29. The van der Waals surface area contributed by atoms with Crippen LogP contribution in [0.15, 0.2) is 42.9 Å².